The van der Waals surface area contributed by atoms with Gasteiger partial charge in [-0.05, 0) is 38.0 Å². The standard InChI is InChI=1S/C18H21NO3/c1-19-8-7-18-11-4-5-13(20)17(18)22-16-14(21-2)6-3-10(15(16)18)9-12(11)19/h3-6,11-13,17,20H,7-9H2,1-2H3/t11-,12+,13?,17?,18-/m0/s1/i2D3,9D2,17D. The van der Waals surface area contributed by atoms with Gasteiger partial charge in [0.15, 0.2) is 11.5 Å². The van der Waals surface area contributed by atoms with Crippen molar-refractivity contribution in [2.24, 2.45) is 5.92 Å². The van der Waals surface area contributed by atoms with E-state index in [1.807, 2.05) is 11.9 Å². The summed E-state index contributed by atoms with van der Waals surface area (Å²) >= 11 is 0. The molecule has 0 saturated carbocycles. The summed E-state index contributed by atoms with van der Waals surface area (Å²) in [5, 5.41) is 10.7. The average molecular weight is 305 g/mol. The highest BCUT2D eigenvalue weighted by Gasteiger charge is 2.64. The van der Waals surface area contributed by atoms with E-state index in [1.54, 1.807) is 12.1 Å². The Hall–Kier alpha value is -1.52. The normalized spacial score (nSPS) is 51.3. The second-order valence-corrected chi connectivity index (χ2v) is 6.53. The summed E-state index contributed by atoms with van der Waals surface area (Å²) in [5.41, 5.74) is -0.111. The quantitative estimate of drug-likeness (QED) is 0.799. The van der Waals surface area contributed by atoms with Crippen molar-refractivity contribution in [1.82, 2.24) is 4.90 Å². The maximum absolute atomic E-state index is 10.7. The molecule has 2 aliphatic carbocycles. The molecule has 0 aromatic heterocycles. The zero-order valence-electron chi connectivity index (χ0n) is 18.2. The molecule has 1 fully saturated rings. The monoisotopic (exact) mass is 305 g/mol. The van der Waals surface area contributed by atoms with E-state index >= 15 is 0 Å². The van der Waals surface area contributed by atoms with Crippen LogP contribution in [-0.2, 0) is 11.8 Å². The maximum Gasteiger partial charge on any atom is 0.165 e. The van der Waals surface area contributed by atoms with Crippen LogP contribution in [0.4, 0.5) is 0 Å². The Balaban J connectivity index is 1.85. The van der Waals surface area contributed by atoms with Crippen LogP contribution in [-0.4, -0.2) is 48.9 Å². The van der Waals surface area contributed by atoms with Crippen molar-refractivity contribution in [3.05, 3.63) is 35.4 Å². The zero-order chi connectivity index (χ0) is 20.3. The molecule has 4 nitrogen and oxygen atoms in total. The van der Waals surface area contributed by atoms with Gasteiger partial charge < -0.3 is 19.5 Å². The molecule has 1 saturated heterocycles. The van der Waals surface area contributed by atoms with Gasteiger partial charge in [0.25, 0.3) is 0 Å². The first kappa shape index (κ1) is 8.37. The Bertz CT molecular complexity index is 902. The molecular weight excluding hydrogens is 278 g/mol. The number of aliphatic hydroxyl groups is 1. The fourth-order valence-corrected chi connectivity index (χ4v) is 4.68. The predicted molar refractivity (Wildman–Crippen MR) is 82.5 cm³/mol. The van der Waals surface area contributed by atoms with Crippen molar-refractivity contribution in [3.63, 3.8) is 0 Å². The third-order valence-electron chi connectivity index (χ3n) is 5.65. The highest BCUT2D eigenvalue weighted by molar-refractivity contribution is 5.62. The molecule has 22 heavy (non-hydrogen) atoms. The summed E-state index contributed by atoms with van der Waals surface area (Å²) in [4.78, 5) is 1.96. The molecule has 1 aromatic carbocycles. The van der Waals surface area contributed by atoms with E-state index in [4.69, 9.17) is 17.7 Å². The van der Waals surface area contributed by atoms with Crippen molar-refractivity contribution < 1.29 is 22.8 Å². The summed E-state index contributed by atoms with van der Waals surface area (Å²) in [6.45, 7) is 0.536. The van der Waals surface area contributed by atoms with Crippen molar-refractivity contribution in [3.8, 4) is 11.5 Å². The van der Waals surface area contributed by atoms with Gasteiger partial charge in [0.05, 0.1) is 12.5 Å². The molecule has 4 heteroatoms. The number of benzene rings is 1. The molecule has 5 rings (SSSR count). The Morgan fingerprint density at radius 3 is 3.32 bits per heavy atom. The van der Waals surface area contributed by atoms with Crippen LogP contribution in [0.1, 0.15) is 25.8 Å². The third-order valence-corrected chi connectivity index (χ3v) is 5.65. The van der Waals surface area contributed by atoms with Gasteiger partial charge in [0.2, 0.25) is 0 Å². The van der Waals surface area contributed by atoms with Crippen LogP contribution in [0.15, 0.2) is 24.3 Å². The Labute approximate surface area is 138 Å². The molecule has 116 valence electrons. The van der Waals surface area contributed by atoms with Gasteiger partial charge in [0, 0.05) is 25.7 Å². The topological polar surface area (TPSA) is 41.9 Å². The van der Waals surface area contributed by atoms with Crippen LogP contribution in [0.5, 0.6) is 11.5 Å². The highest BCUT2D eigenvalue weighted by atomic mass is 16.5. The number of ether oxygens (including phenoxy) is 2. The molecule has 4 aliphatic rings. The minimum Gasteiger partial charge on any atom is -0.493 e. The summed E-state index contributed by atoms with van der Waals surface area (Å²) in [5.74, 6) is -0.365. The van der Waals surface area contributed by atoms with Crippen molar-refractivity contribution in [2.45, 2.75) is 36.4 Å². The molecule has 0 amide bonds. The number of likely N-dealkylation sites (tertiary alicyclic amines) is 1. The minimum absolute atomic E-state index is 0.0479. The highest BCUT2D eigenvalue weighted by Crippen LogP contribution is 2.62. The molecule has 5 atom stereocenters. The van der Waals surface area contributed by atoms with E-state index in [2.05, 4.69) is 0 Å². The predicted octanol–water partition coefficient (Wildman–Crippen LogP) is 1.50. The first-order valence-corrected chi connectivity index (χ1v) is 7.56. The molecule has 2 heterocycles. The SMILES string of the molecule is [2H]C([2H])([2H])Oc1ccc2c3c1OC1([2H])C(O)C=C[C@H]4[C@H](N(C)CC[C@@]341)C2([2H])[2H]. The molecule has 1 spiro atoms. The summed E-state index contributed by atoms with van der Waals surface area (Å²) < 4.78 is 60.3. The van der Waals surface area contributed by atoms with Gasteiger partial charge >= 0.3 is 0 Å². The van der Waals surface area contributed by atoms with Crippen molar-refractivity contribution in [1.29, 1.82) is 0 Å². The fourth-order valence-electron chi connectivity index (χ4n) is 4.68. The van der Waals surface area contributed by atoms with E-state index in [-0.39, 0.29) is 17.4 Å². The fraction of sp³-hybridized carbons (Fsp3) is 0.556. The summed E-state index contributed by atoms with van der Waals surface area (Å²) in [6, 6.07) is 2.42. The molecule has 0 radical (unpaired) electrons. The lowest BCUT2D eigenvalue weighted by atomic mass is 9.53. The number of hydrogen-bond donors (Lipinski definition) is 1. The number of methoxy groups -OCH3 is 1. The molecule has 1 aromatic rings. The van der Waals surface area contributed by atoms with Crippen LogP contribution in [0.3, 0.4) is 0 Å². The summed E-state index contributed by atoms with van der Waals surface area (Å²) in [7, 11) is -0.846. The van der Waals surface area contributed by atoms with E-state index in [0.29, 0.717) is 24.1 Å². The van der Waals surface area contributed by atoms with E-state index in [1.165, 1.54) is 12.1 Å². The molecule has 1 N–H and O–H groups in total. The number of nitrogens with zero attached hydrogens (tertiary/aromatic N) is 1. The van der Waals surface area contributed by atoms with Crippen LogP contribution in [0, 0.1) is 5.92 Å². The number of likely N-dealkylation sites (N-methyl/N-ethyl adjacent to an activating group) is 1. The largest absolute Gasteiger partial charge is 0.493 e. The van der Waals surface area contributed by atoms with Gasteiger partial charge in [0.1, 0.15) is 12.2 Å². The maximum atomic E-state index is 10.7. The van der Waals surface area contributed by atoms with Crippen LogP contribution >= 0.6 is 0 Å². The van der Waals surface area contributed by atoms with Gasteiger partial charge in [-0.1, -0.05) is 18.2 Å². The number of piperidine rings is 1. The Morgan fingerprint density at radius 2 is 2.45 bits per heavy atom. The smallest absolute Gasteiger partial charge is 0.165 e. The van der Waals surface area contributed by atoms with E-state index < -0.39 is 37.1 Å². The van der Waals surface area contributed by atoms with Crippen LogP contribution in [0.25, 0.3) is 0 Å². The number of aliphatic hydroxyl groups excluding tert-OH is 1. The van der Waals surface area contributed by atoms with Gasteiger partial charge in [-0.15, -0.1) is 0 Å². The van der Waals surface area contributed by atoms with E-state index in [0.717, 1.165) is 0 Å². The van der Waals surface area contributed by atoms with Crippen LogP contribution < -0.4 is 9.47 Å². The zero-order valence-corrected chi connectivity index (χ0v) is 12.2. The Kier molecular flexibility index (Phi) is 1.54. The lowest BCUT2D eigenvalue weighted by Gasteiger charge is -2.56. The molecular formula is C18H21NO3. The summed E-state index contributed by atoms with van der Waals surface area (Å²) in [6.07, 6.45) is -0.949. The van der Waals surface area contributed by atoms with Gasteiger partial charge in [-0.2, -0.15) is 0 Å². The Morgan fingerprint density at radius 1 is 1.55 bits per heavy atom. The third kappa shape index (κ3) is 1.28. The van der Waals surface area contributed by atoms with Crippen LogP contribution in [0.2, 0.25) is 0 Å². The molecule has 2 unspecified atom stereocenters. The number of rotatable bonds is 1. The van der Waals surface area contributed by atoms with Crippen molar-refractivity contribution in [2.75, 3.05) is 20.6 Å². The van der Waals surface area contributed by atoms with Gasteiger partial charge in [-0.25, -0.2) is 0 Å². The van der Waals surface area contributed by atoms with Crippen molar-refractivity contribution >= 4 is 0 Å². The van der Waals surface area contributed by atoms with E-state index in [9.17, 15) is 5.11 Å². The van der Waals surface area contributed by atoms with Gasteiger partial charge in [-0.3, -0.25) is 0 Å². The molecule has 2 aliphatic heterocycles. The lowest BCUT2D eigenvalue weighted by Crippen LogP contribution is -2.64. The minimum atomic E-state index is -2.71. The molecule has 2 bridgehead atoms. The number of hydrogen-bond acceptors (Lipinski definition) is 4. The average Bonchev–Trinajstić information content (AvgIpc) is 2.85. The lowest BCUT2D eigenvalue weighted by molar-refractivity contribution is -0.0453. The second-order valence-electron chi connectivity index (χ2n) is 6.53. The first-order valence-electron chi connectivity index (χ1n) is 10.6. The first-order chi connectivity index (χ1) is 12.9. The second kappa shape index (κ2) is 4.06.